The fraction of sp³-hybridized carbons (Fsp3) is 0.450. The van der Waals surface area contributed by atoms with E-state index in [-0.39, 0.29) is 11.2 Å². The number of hydrogen-bond donors (Lipinski definition) is 0. The van der Waals surface area contributed by atoms with Crippen LogP contribution >= 0.6 is 23.2 Å². The molecule has 3 aromatic rings. The number of piperidine rings is 1. The number of nitrogens with zero attached hydrogens (tertiary/aromatic N) is 5. The maximum absolute atomic E-state index is 13.0. The van der Waals surface area contributed by atoms with Gasteiger partial charge in [-0.15, -0.1) is 0 Å². The summed E-state index contributed by atoms with van der Waals surface area (Å²) in [6.45, 7) is 3.07. The van der Waals surface area contributed by atoms with Gasteiger partial charge in [0, 0.05) is 20.6 Å². The van der Waals surface area contributed by atoms with Crippen LogP contribution in [0.1, 0.15) is 30.7 Å². The Hall–Kier alpha value is -2.09. The number of aryl methyl sites for hydroxylation is 1. The quantitative estimate of drug-likeness (QED) is 0.631. The van der Waals surface area contributed by atoms with Crippen molar-refractivity contribution in [1.82, 2.24) is 23.6 Å². The highest BCUT2D eigenvalue weighted by Crippen LogP contribution is 2.24. The summed E-state index contributed by atoms with van der Waals surface area (Å²) in [6, 6.07) is 5.43. The number of halogens is 2. The average Bonchev–Trinajstić information content (AvgIpc) is 3.06. The van der Waals surface area contributed by atoms with Crippen LogP contribution in [0.25, 0.3) is 11.2 Å². The molecule has 0 radical (unpaired) electrons. The molecule has 1 aromatic carbocycles. The number of benzene rings is 1. The first kappa shape index (κ1) is 20.2. The van der Waals surface area contributed by atoms with Gasteiger partial charge >= 0.3 is 5.69 Å². The summed E-state index contributed by atoms with van der Waals surface area (Å²) in [6.07, 6.45) is 3.56. The number of aromatic nitrogens is 4. The summed E-state index contributed by atoms with van der Waals surface area (Å²) < 4.78 is 4.47. The monoisotopic (exact) mass is 435 g/mol. The Morgan fingerprint density at radius 2 is 1.69 bits per heavy atom. The topological polar surface area (TPSA) is 65.1 Å². The lowest BCUT2D eigenvalue weighted by molar-refractivity contribution is 0.214. The first-order chi connectivity index (χ1) is 13.9. The van der Waals surface area contributed by atoms with Gasteiger partial charge in [-0.1, -0.05) is 35.7 Å². The van der Waals surface area contributed by atoms with E-state index in [2.05, 4.69) is 4.90 Å². The van der Waals surface area contributed by atoms with Crippen LogP contribution in [0.3, 0.4) is 0 Å². The minimum atomic E-state index is -0.383. The van der Waals surface area contributed by atoms with E-state index in [4.69, 9.17) is 28.2 Å². The van der Waals surface area contributed by atoms with Crippen molar-refractivity contribution in [2.75, 3.05) is 13.1 Å². The van der Waals surface area contributed by atoms with Crippen LogP contribution in [0.5, 0.6) is 0 Å². The van der Waals surface area contributed by atoms with Gasteiger partial charge in [0.25, 0.3) is 5.56 Å². The second-order valence-electron chi connectivity index (χ2n) is 7.58. The normalized spacial score (nSPS) is 15.3. The summed E-state index contributed by atoms with van der Waals surface area (Å²) in [7, 11) is 3.14. The molecule has 1 aliphatic rings. The zero-order valence-corrected chi connectivity index (χ0v) is 18.0. The van der Waals surface area contributed by atoms with Gasteiger partial charge in [0.05, 0.1) is 16.6 Å². The molecule has 1 fully saturated rings. The molecule has 0 saturated carbocycles. The molecule has 3 heterocycles. The second kappa shape index (κ2) is 7.97. The standard InChI is InChI=1S/C20H23Cl2N5O2/c1-24-18-17(19(28)25(2)20(24)29)27(11-13-6-7-14(21)15(22)10-13)16(23-18)12-26-8-4-3-5-9-26/h6-7,10H,3-5,8-9,11-12H2,1-2H3. The fourth-order valence-corrected chi connectivity index (χ4v) is 4.24. The zero-order chi connectivity index (χ0) is 20.7. The molecule has 0 amide bonds. The molecule has 0 spiro atoms. The van der Waals surface area contributed by atoms with Crippen molar-refractivity contribution in [3.8, 4) is 0 Å². The van der Waals surface area contributed by atoms with Gasteiger partial charge in [-0.05, 0) is 43.6 Å². The molecule has 1 saturated heterocycles. The molecular formula is C20H23Cl2N5O2. The van der Waals surface area contributed by atoms with E-state index in [0.717, 1.165) is 41.9 Å². The third-order valence-corrected chi connectivity index (χ3v) is 6.30. The van der Waals surface area contributed by atoms with Crippen molar-refractivity contribution in [2.45, 2.75) is 32.4 Å². The first-order valence-electron chi connectivity index (χ1n) is 9.68. The molecule has 1 aliphatic heterocycles. The van der Waals surface area contributed by atoms with Crippen LogP contribution in [-0.4, -0.2) is 36.7 Å². The average molecular weight is 436 g/mol. The summed E-state index contributed by atoms with van der Waals surface area (Å²) in [4.78, 5) is 32.4. The van der Waals surface area contributed by atoms with Crippen LogP contribution in [-0.2, 0) is 27.2 Å². The number of hydrogen-bond acceptors (Lipinski definition) is 4. The Kier molecular flexibility index (Phi) is 5.55. The Bertz CT molecular complexity index is 1190. The van der Waals surface area contributed by atoms with Gasteiger partial charge in [0.1, 0.15) is 5.82 Å². The molecule has 0 atom stereocenters. The van der Waals surface area contributed by atoms with Crippen molar-refractivity contribution >= 4 is 34.4 Å². The number of imidazole rings is 1. The van der Waals surface area contributed by atoms with Crippen molar-refractivity contribution < 1.29 is 0 Å². The third-order valence-electron chi connectivity index (χ3n) is 5.57. The predicted octanol–water partition coefficient (Wildman–Crippen LogP) is 2.77. The van der Waals surface area contributed by atoms with Gasteiger partial charge in [0.2, 0.25) is 0 Å². The minimum absolute atomic E-state index is 0.347. The Labute approximate surface area is 178 Å². The molecule has 9 heteroatoms. The van der Waals surface area contributed by atoms with Gasteiger partial charge in [-0.25, -0.2) is 9.78 Å². The smallest absolute Gasteiger partial charge is 0.317 e. The Balaban J connectivity index is 1.88. The number of rotatable bonds is 4. The number of fused-ring (bicyclic) bond motifs is 1. The molecule has 4 rings (SSSR count). The second-order valence-corrected chi connectivity index (χ2v) is 8.39. The van der Waals surface area contributed by atoms with Gasteiger partial charge in [-0.3, -0.25) is 18.8 Å². The highest BCUT2D eigenvalue weighted by Gasteiger charge is 2.21. The molecule has 0 unspecified atom stereocenters. The van der Waals surface area contributed by atoms with Crippen LogP contribution < -0.4 is 11.2 Å². The summed E-state index contributed by atoms with van der Waals surface area (Å²) >= 11 is 12.2. The van der Waals surface area contributed by atoms with E-state index in [0.29, 0.717) is 34.3 Å². The van der Waals surface area contributed by atoms with Crippen LogP contribution in [0.4, 0.5) is 0 Å². The maximum atomic E-state index is 13.0. The SMILES string of the molecule is Cn1c(=O)c2c(nc(CN3CCCCC3)n2Cc2ccc(Cl)c(Cl)c2)n(C)c1=O. The lowest BCUT2D eigenvalue weighted by Crippen LogP contribution is -2.37. The van der Waals surface area contributed by atoms with E-state index in [9.17, 15) is 9.59 Å². The summed E-state index contributed by atoms with van der Waals surface area (Å²) in [5.74, 6) is 0.770. The molecule has 2 aromatic heterocycles. The third kappa shape index (κ3) is 3.74. The number of likely N-dealkylation sites (tertiary alicyclic amines) is 1. The Morgan fingerprint density at radius 1 is 0.966 bits per heavy atom. The first-order valence-corrected chi connectivity index (χ1v) is 10.4. The molecule has 154 valence electrons. The van der Waals surface area contributed by atoms with Crippen molar-refractivity contribution in [3.05, 3.63) is 60.5 Å². The Morgan fingerprint density at radius 3 is 2.38 bits per heavy atom. The molecule has 29 heavy (non-hydrogen) atoms. The lowest BCUT2D eigenvalue weighted by Gasteiger charge is -2.26. The summed E-state index contributed by atoms with van der Waals surface area (Å²) in [5.41, 5.74) is 1.01. The van der Waals surface area contributed by atoms with E-state index >= 15 is 0 Å². The zero-order valence-electron chi connectivity index (χ0n) is 16.5. The molecule has 7 nitrogen and oxygen atoms in total. The van der Waals surface area contributed by atoms with E-state index in [1.165, 1.54) is 18.0 Å². The van der Waals surface area contributed by atoms with Gasteiger partial charge in [0.15, 0.2) is 11.2 Å². The van der Waals surface area contributed by atoms with Gasteiger partial charge in [-0.2, -0.15) is 0 Å². The van der Waals surface area contributed by atoms with Crippen molar-refractivity contribution in [3.63, 3.8) is 0 Å². The summed E-state index contributed by atoms with van der Waals surface area (Å²) in [5, 5.41) is 0.948. The van der Waals surface area contributed by atoms with Crippen molar-refractivity contribution in [2.24, 2.45) is 14.1 Å². The highest BCUT2D eigenvalue weighted by atomic mass is 35.5. The van der Waals surface area contributed by atoms with E-state index in [1.54, 1.807) is 19.2 Å². The predicted molar refractivity (Wildman–Crippen MR) is 115 cm³/mol. The lowest BCUT2D eigenvalue weighted by atomic mass is 10.1. The fourth-order valence-electron chi connectivity index (χ4n) is 3.92. The highest BCUT2D eigenvalue weighted by molar-refractivity contribution is 6.42. The van der Waals surface area contributed by atoms with Gasteiger partial charge < -0.3 is 4.57 Å². The van der Waals surface area contributed by atoms with Crippen LogP contribution in [0, 0.1) is 0 Å². The minimum Gasteiger partial charge on any atom is -0.317 e. The largest absolute Gasteiger partial charge is 0.332 e. The molecule has 0 aliphatic carbocycles. The van der Waals surface area contributed by atoms with Crippen LogP contribution in [0.15, 0.2) is 27.8 Å². The van der Waals surface area contributed by atoms with E-state index in [1.807, 2.05) is 10.6 Å². The van der Waals surface area contributed by atoms with Crippen molar-refractivity contribution in [1.29, 1.82) is 0 Å². The molecule has 0 bridgehead atoms. The van der Waals surface area contributed by atoms with Crippen LogP contribution in [0.2, 0.25) is 10.0 Å². The van der Waals surface area contributed by atoms with E-state index < -0.39 is 0 Å². The molecule has 0 N–H and O–H groups in total. The molecular weight excluding hydrogens is 413 g/mol. The maximum Gasteiger partial charge on any atom is 0.332 e.